The Labute approximate surface area is 199 Å². The van der Waals surface area contributed by atoms with Gasteiger partial charge in [0.05, 0.1) is 26.9 Å². The van der Waals surface area contributed by atoms with Gasteiger partial charge in [-0.1, -0.05) is 0 Å². The van der Waals surface area contributed by atoms with Gasteiger partial charge in [0.2, 0.25) is 17.2 Å². The number of ether oxygens (including phenoxy) is 4. The second-order valence-electron chi connectivity index (χ2n) is 8.32. The Balaban J connectivity index is 2.14. The average molecular weight is 488 g/mol. The van der Waals surface area contributed by atoms with Gasteiger partial charge in [-0.05, 0) is 35.6 Å². The summed E-state index contributed by atoms with van der Waals surface area (Å²) in [5.74, 6) is -3.98. The number of hydrogen-bond donors (Lipinski definition) is 4. The molecule has 0 amide bonds. The largest absolute Gasteiger partial charge is 0.507 e. The average Bonchev–Trinajstić information content (AvgIpc) is 2.84. The van der Waals surface area contributed by atoms with E-state index in [1.54, 1.807) is 0 Å². The molecular formula is C24H24O11. The van der Waals surface area contributed by atoms with Crippen LogP contribution in [0.3, 0.4) is 0 Å². The minimum atomic E-state index is -2.89. The molecule has 2 aliphatic rings. The Kier molecular flexibility index (Phi) is 5.64. The molecule has 2 aromatic carbocycles. The van der Waals surface area contributed by atoms with Crippen molar-refractivity contribution in [2.45, 2.75) is 30.3 Å². The molecule has 4 rings (SSSR count). The number of aryl methyl sites for hydroxylation is 1. The van der Waals surface area contributed by atoms with E-state index in [1.165, 1.54) is 33.3 Å². The number of benzene rings is 2. The molecule has 0 aromatic heterocycles. The molecule has 2 aliphatic carbocycles. The molecule has 186 valence electrons. The highest BCUT2D eigenvalue weighted by atomic mass is 16.5. The topological polar surface area (TPSA) is 169 Å². The molecule has 11 heteroatoms. The lowest BCUT2D eigenvalue weighted by Crippen LogP contribution is -2.76. The summed E-state index contributed by atoms with van der Waals surface area (Å²) in [6.07, 6.45) is -3.33. The van der Waals surface area contributed by atoms with Crippen molar-refractivity contribution in [2.75, 3.05) is 28.4 Å². The first-order valence-corrected chi connectivity index (χ1v) is 10.4. The normalized spacial score (nSPS) is 27.7. The zero-order valence-electron chi connectivity index (χ0n) is 19.5. The number of aliphatic hydroxyl groups excluding tert-OH is 2. The standard InChI is InChI=1S/C24H24O11/c1-9-15-10(7-12(32-2)16(9)22(30)34-4)6-11-17(18(15)26)21(29)24(35-5)14(25)8-13(33-3)20(28)23(24,31)19(11)27/h6-8,19-20,26-28,31H,1-5H3/t19-,20+,23+,24+/m0/s1. The molecule has 11 nitrogen and oxygen atoms in total. The third-order valence-corrected chi connectivity index (χ3v) is 6.93. The molecular weight excluding hydrogens is 464 g/mol. The van der Waals surface area contributed by atoms with Crippen LogP contribution in [0.2, 0.25) is 0 Å². The first kappa shape index (κ1) is 24.6. The van der Waals surface area contributed by atoms with Crippen molar-refractivity contribution >= 4 is 28.3 Å². The predicted molar refractivity (Wildman–Crippen MR) is 118 cm³/mol. The fraction of sp³-hybridized carbons (Fsp3) is 0.375. The molecule has 0 spiro atoms. The lowest BCUT2D eigenvalue weighted by molar-refractivity contribution is -0.236. The summed E-state index contributed by atoms with van der Waals surface area (Å²) in [6.45, 7) is 1.50. The minimum absolute atomic E-state index is 0.00338. The molecule has 0 heterocycles. The van der Waals surface area contributed by atoms with Crippen LogP contribution < -0.4 is 4.74 Å². The van der Waals surface area contributed by atoms with E-state index in [4.69, 9.17) is 18.9 Å². The predicted octanol–water partition coefficient (Wildman–Crippen LogP) is 0.469. The van der Waals surface area contributed by atoms with E-state index in [-0.39, 0.29) is 39.0 Å². The van der Waals surface area contributed by atoms with Crippen molar-refractivity contribution in [3.63, 3.8) is 0 Å². The lowest BCUT2D eigenvalue weighted by Gasteiger charge is -2.53. The summed E-state index contributed by atoms with van der Waals surface area (Å²) in [4.78, 5) is 39.3. The Bertz CT molecular complexity index is 1330. The maximum atomic E-state index is 13.8. The van der Waals surface area contributed by atoms with Crippen LogP contribution in [-0.2, 0) is 19.0 Å². The maximum absolute atomic E-state index is 13.8. The first-order chi connectivity index (χ1) is 16.5. The van der Waals surface area contributed by atoms with Crippen LogP contribution in [0.15, 0.2) is 24.0 Å². The van der Waals surface area contributed by atoms with Gasteiger partial charge in [-0.25, -0.2) is 4.79 Å². The number of carbonyl (C=O) groups is 3. The SMILES string of the molecule is COC(=O)c1c(OC)cc2cc3c(c(O)c2c1C)C(=O)[C@]1(OC)C(=O)C=C(OC)[C@@H](O)[C@]1(O)[C@H]3O. The van der Waals surface area contributed by atoms with Crippen molar-refractivity contribution in [1.82, 2.24) is 0 Å². The van der Waals surface area contributed by atoms with Crippen LogP contribution in [0.1, 0.15) is 37.9 Å². The third kappa shape index (κ3) is 2.77. The Hall–Kier alpha value is -3.51. The summed E-state index contributed by atoms with van der Waals surface area (Å²) >= 11 is 0. The van der Waals surface area contributed by atoms with E-state index >= 15 is 0 Å². The third-order valence-electron chi connectivity index (χ3n) is 6.93. The number of esters is 1. The molecule has 4 N–H and O–H groups in total. The number of fused-ring (bicyclic) bond motifs is 3. The number of phenols is 1. The van der Waals surface area contributed by atoms with E-state index in [0.29, 0.717) is 0 Å². The molecule has 35 heavy (non-hydrogen) atoms. The smallest absolute Gasteiger partial charge is 0.341 e. The molecule has 0 saturated heterocycles. The van der Waals surface area contributed by atoms with Crippen molar-refractivity contribution in [3.8, 4) is 11.5 Å². The molecule has 0 fully saturated rings. The molecule has 0 saturated carbocycles. The lowest BCUT2D eigenvalue weighted by atomic mass is 9.59. The van der Waals surface area contributed by atoms with Gasteiger partial charge in [0.25, 0.3) is 0 Å². The van der Waals surface area contributed by atoms with Gasteiger partial charge in [0, 0.05) is 18.6 Å². The van der Waals surface area contributed by atoms with Gasteiger partial charge in [-0.2, -0.15) is 0 Å². The van der Waals surface area contributed by atoms with E-state index in [0.717, 1.165) is 20.3 Å². The number of carbonyl (C=O) groups excluding carboxylic acids is 3. The van der Waals surface area contributed by atoms with Crippen LogP contribution >= 0.6 is 0 Å². The highest BCUT2D eigenvalue weighted by Gasteiger charge is 2.73. The monoisotopic (exact) mass is 488 g/mol. The van der Waals surface area contributed by atoms with E-state index in [2.05, 4.69) is 0 Å². The van der Waals surface area contributed by atoms with Gasteiger partial charge in [0.1, 0.15) is 35.0 Å². The number of rotatable bonds is 4. The quantitative estimate of drug-likeness (QED) is 0.349. The Morgan fingerprint density at radius 1 is 1.03 bits per heavy atom. The Morgan fingerprint density at radius 3 is 2.23 bits per heavy atom. The molecule has 2 aromatic rings. The number of phenolic OH excluding ortho intramolecular Hbond substituents is 1. The second-order valence-corrected chi connectivity index (χ2v) is 8.32. The second kappa shape index (κ2) is 8.02. The highest BCUT2D eigenvalue weighted by Crippen LogP contribution is 2.54. The number of ketones is 2. The summed E-state index contributed by atoms with van der Waals surface area (Å²) < 4.78 is 20.3. The number of methoxy groups -OCH3 is 4. The highest BCUT2D eigenvalue weighted by molar-refractivity contribution is 6.26. The zero-order chi connectivity index (χ0) is 26.0. The molecule has 0 unspecified atom stereocenters. The van der Waals surface area contributed by atoms with Crippen molar-refractivity contribution < 1.29 is 53.8 Å². The van der Waals surface area contributed by atoms with Crippen LogP contribution in [0.5, 0.6) is 11.5 Å². The number of Topliss-reactive ketones (excluding diaryl/α,β-unsaturated/α-hetero) is 1. The van der Waals surface area contributed by atoms with Crippen molar-refractivity contribution in [1.29, 1.82) is 0 Å². The van der Waals surface area contributed by atoms with Crippen molar-refractivity contribution in [3.05, 3.63) is 46.2 Å². The molecule has 0 aliphatic heterocycles. The van der Waals surface area contributed by atoms with E-state index in [9.17, 15) is 34.8 Å². The van der Waals surface area contributed by atoms with E-state index in [1.807, 2.05) is 0 Å². The summed E-state index contributed by atoms with van der Waals surface area (Å²) in [6, 6.07) is 2.68. The minimum Gasteiger partial charge on any atom is -0.507 e. The molecule has 0 radical (unpaired) electrons. The maximum Gasteiger partial charge on any atom is 0.341 e. The molecule has 4 atom stereocenters. The van der Waals surface area contributed by atoms with Gasteiger partial charge in [-0.15, -0.1) is 0 Å². The van der Waals surface area contributed by atoms with Crippen molar-refractivity contribution in [2.24, 2.45) is 0 Å². The fourth-order valence-corrected chi connectivity index (χ4v) is 5.21. The summed E-state index contributed by atoms with van der Waals surface area (Å²) in [5.41, 5.74) is -6.26. The van der Waals surface area contributed by atoms with Gasteiger partial charge in [0.15, 0.2) is 5.60 Å². The van der Waals surface area contributed by atoms with Gasteiger partial charge >= 0.3 is 5.97 Å². The number of aliphatic hydroxyl groups is 3. The first-order valence-electron chi connectivity index (χ1n) is 10.4. The molecule has 0 bridgehead atoms. The Morgan fingerprint density at radius 2 is 1.69 bits per heavy atom. The summed E-state index contributed by atoms with van der Waals surface area (Å²) in [5, 5.41) is 45.3. The van der Waals surface area contributed by atoms with Crippen LogP contribution in [0.4, 0.5) is 0 Å². The number of aromatic hydroxyl groups is 1. The van der Waals surface area contributed by atoms with Crippen LogP contribution in [0.25, 0.3) is 10.8 Å². The van der Waals surface area contributed by atoms with Crippen LogP contribution in [0, 0.1) is 6.92 Å². The van der Waals surface area contributed by atoms with Gasteiger partial charge < -0.3 is 39.4 Å². The zero-order valence-corrected chi connectivity index (χ0v) is 19.5. The van der Waals surface area contributed by atoms with Gasteiger partial charge in [-0.3, -0.25) is 9.59 Å². The van der Waals surface area contributed by atoms with Crippen LogP contribution in [-0.4, -0.2) is 83.7 Å². The fourth-order valence-electron chi connectivity index (χ4n) is 5.21. The number of hydrogen-bond acceptors (Lipinski definition) is 11. The van der Waals surface area contributed by atoms with E-state index < -0.39 is 52.3 Å². The summed E-state index contributed by atoms with van der Waals surface area (Å²) in [7, 11) is 4.59.